The van der Waals surface area contributed by atoms with Crippen molar-refractivity contribution in [2.24, 2.45) is 7.05 Å². The standard InChI is InChI=1S/C17H16N6/c1-12(14-5-3-4-13-8-18-7-6-15(13)14)23-10-16(20-21-23)17-9-19-11-22(17)2/h3-12H,1-2H3/t12-/m1/s1. The van der Waals surface area contributed by atoms with Gasteiger partial charge in [-0.15, -0.1) is 5.10 Å². The second-order valence-corrected chi connectivity index (χ2v) is 5.59. The average molecular weight is 304 g/mol. The molecule has 0 spiro atoms. The van der Waals surface area contributed by atoms with Crippen LogP contribution in [0.5, 0.6) is 0 Å². The summed E-state index contributed by atoms with van der Waals surface area (Å²) in [5, 5.41) is 10.9. The van der Waals surface area contributed by atoms with Gasteiger partial charge in [0, 0.05) is 24.8 Å². The van der Waals surface area contributed by atoms with Crippen molar-refractivity contribution in [3.05, 3.63) is 60.9 Å². The van der Waals surface area contributed by atoms with Gasteiger partial charge in [-0.3, -0.25) is 4.98 Å². The van der Waals surface area contributed by atoms with Crippen molar-refractivity contribution in [3.63, 3.8) is 0 Å². The zero-order valence-corrected chi connectivity index (χ0v) is 13.0. The predicted octanol–water partition coefficient (Wildman–Crippen LogP) is 2.84. The Hall–Kier alpha value is -3.02. The molecule has 23 heavy (non-hydrogen) atoms. The number of pyridine rings is 1. The molecule has 114 valence electrons. The minimum Gasteiger partial charge on any atom is -0.332 e. The first-order chi connectivity index (χ1) is 11.2. The Morgan fingerprint density at radius 3 is 2.83 bits per heavy atom. The highest BCUT2D eigenvalue weighted by atomic mass is 15.4. The molecular formula is C17H16N6. The fourth-order valence-electron chi connectivity index (χ4n) is 2.84. The van der Waals surface area contributed by atoms with E-state index >= 15 is 0 Å². The first-order valence-electron chi connectivity index (χ1n) is 7.45. The lowest BCUT2D eigenvalue weighted by Crippen LogP contribution is -2.08. The highest BCUT2D eigenvalue weighted by Crippen LogP contribution is 2.26. The summed E-state index contributed by atoms with van der Waals surface area (Å²) in [5.41, 5.74) is 2.97. The van der Waals surface area contributed by atoms with E-state index in [-0.39, 0.29) is 6.04 Å². The Labute approximate surface area is 133 Å². The van der Waals surface area contributed by atoms with Crippen molar-refractivity contribution in [1.82, 2.24) is 29.5 Å². The van der Waals surface area contributed by atoms with Gasteiger partial charge < -0.3 is 4.57 Å². The molecule has 0 N–H and O–H groups in total. The maximum Gasteiger partial charge on any atom is 0.131 e. The number of aryl methyl sites for hydroxylation is 1. The monoisotopic (exact) mass is 304 g/mol. The van der Waals surface area contributed by atoms with Crippen molar-refractivity contribution in [3.8, 4) is 11.4 Å². The fourth-order valence-corrected chi connectivity index (χ4v) is 2.84. The van der Waals surface area contributed by atoms with Gasteiger partial charge in [0.15, 0.2) is 0 Å². The molecule has 3 heterocycles. The van der Waals surface area contributed by atoms with Crippen molar-refractivity contribution >= 4 is 10.8 Å². The number of fused-ring (bicyclic) bond motifs is 1. The zero-order valence-electron chi connectivity index (χ0n) is 13.0. The van der Waals surface area contributed by atoms with Crippen LogP contribution in [-0.2, 0) is 7.05 Å². The molecule has 0 saturated heterocycles. The maximum absolute atomic E-state index is 4.31. The van der Waals surface area contributed by atoms with Crippen molar-refractivity contribution in [2.45, 2.75) is 13.0 Å². The van der Waals surface area contributed by atoms with E-state index in [1.54, 1.807) is 12.5 Å². The molecular weight excluding hydrogens is 288 g/mol. The molecule has 0 bridgehead atoms. The van der Waals surface area contributed by atoms with Crippen LogP contribution in [0.25, 0.3) is 22.2 Å². The maximum atomic E-state index is 4.31. The molecule has 6 heteroatoms. The van der Waals surface area contributed by atoms with Crippen LogP contribution in [0.4, 0.5) is 0 Å². The lowest BCUT2D eigenvalue weighted by molar-refractivity contribution is 0.546. The summed E-state index contributed by atoms with van der Waals surface area (Å²) in [6.45, 7) is 2.12. The number of rotatable bonds is 3. The summed E-state index contributed by atoms with van der Waals surface area (Å²) in [7, 11) is 1.95. The third kappa shape index (κ3) is 2.28. The van der Waals surface area contributed by atoms with Gasteiger partial charge in [-0.1, -0.05) is 23.4 Å². The minimum absolute atomic E-state index is 0.0792. The summed E-state index contributed by atoms with van der Waals surface area (Å²) in [6.07, 6.45) is 9.22. The van der Waals surface area contributed by atoms with Gasteiger partial charge >= 0.3 is 0 Å². The lowest BCUT2D eigenvalue weighted by Gasteiger charge is -2.14. The van der Waals surface area contributed by atoms with E-state index in [1.807, 2.05) is 41.0 Å². The Bertz CT molecular complexity index is 963. The van der Waals surface area contributed by atoms with E-state index in [0.29, 0.717) is 0 Å². The topological polar surface area (TPSA) is 61.4 Å². The third-order valence-electron chi connectivity index (χ3n) is 4.15. The summed E-state index contributed by atoms with van der Waals surface area (Å²) in [5.74, 6) is 0. The summed E-state index contributed by atoms with van der Waals surface area (Å²) >= 11 is 0. The molecule has 0 radical (unpaired) electrons. The Morgan fingerprint density at radius 1 is 1.09 bits per heavy atom. The van der Waals surface area contributed by atoms with E-state index in [9.17, 15) is 0 Å². The Morgan fingerprint density at radius 2 is 2.00 bits per heavy atom. The van der Waals surface area contributed by atoms with Gasteiger partial charge in [-0.25, -0.2) is 9.67 Å². The van der Waals surface area contributed by atoms with Crippen LogP contribution in [0.15, 0.2) is 55.4 Å². The predicted molar refractivity (Wildman–Crippen MR) is 87.8 cm³/mol. The van der Waals surface area contributed by atoms with E-state index in [4.69, 9.17) is 0 Å². The molecule has 1 atom stereocenters. The Balaban J connectivity index is 1.76. The largest absolute Gasteiger partial charge is 0.332 e. The molecule has 4 rings (SSSR count). The summed E-state index contributed by atoms with van der Waals surface area (Å²) < 4.78 is 3.82. The molecule has 6 nitrogen and oxygen atoms in total. The molecule has 1 aromatic carbocycles. The van der Waals surface area contributed by atoms with Gasteiger partial charge in [0.05, 0.1) is 30.5 Å². The van der Waals surface area contributed by atoms with Gasteiger partial charge in [0.25, 0.3) is 0 Å². The van der Waals surface area contributed by atoms with Crippen LogP contribution in [0, 0.1) is 0 Å². The van der Waals surface area contributed by atoms with Gasteiger partial charge in [0.2, 0.25) is 0 Å². The zero-order chi connectivity index (χ0) is 15.8. The number of benzene rings is 1. The molecule has 0 aliphatic carbocycles. The third-order valence-corrected chi connectivity index (χ3v) is 4.15. The lowest BCUT2D eigenvalue weighted by atomic mass is 10.0. The molecule has 4 aromatic rings. The van der Waals surface area contributed by atoms with Crippen LogP contribution in [0.1, 0.15) is 18.5 Å². The molecule has 0 aliphatic rings. The van der Waals surface area contributed by atoms with Crippen molar-refractivity contribution in [2.75, 3.05) is 0 Å². The van der Waals surface area contributed by atoms with Gasteiger partial charge in [-0.05, 0) is 23.9 Å². The van der Waals surface area contributed by atoms with E-state index < -0.39 is 0 Å². The van der Waals surface area contributed by atoms with E-state index in [2.05, 4.69) is 45.4 Å². The van der Waals surface area contributed by atoms with Crippen LogP contribution in [0.2, 0.25) is 0 Å². The quantitative estimate of drug-likeness (QED) is 0.584. The van der Waals surface area contributed by atoms with Crippen LogP contribution >= 0.6 is 0 Å². The highest BCUT2D eigenvalue weighted by Gasteiger charge is 2.15. The molecule has 0 unspecified atom stereocenters. The summed E-state index contributed by atoms with van der Waals surface area (Å²) in [4.78, 5) is 8.32. The minimum atomic E-state index is 0.0792. The van der Waals surface area contributed by atoms with E-state index in [0.717, 1.165) is 16.8 Å². The number of hydrogen-bond donors (Lipinski definition) is 0. The molecule has 0 amide bonds. The second kappa shape index (κ2) is 5.31. The first kappa shape index (κ1) is 13.6. The normalized spacial score (nSPS) is 12.6. The number of aromatic nitrogens is 6. The number of hydrogen-bond acceptors (Lipinski definition) is 4. The van der Waals surface area contributed by atoms with Gasteiger partial charge in [0.1, 0.15) is 5.69 Å². The average Bonchev–Trinajstić information content (AvgIpc) is 3.22. The number of nitrogens with zero attached hydrogens (tertiary/aromatic N) is 6. The van der Waals surface area contributed by atoms with Crippen molar-refractivity contribution < 1.29 is 0 Å². The van der Waals surface area contributed by atoms with E-state index in [1.165, 1.54) is 10.9 Å². The molecule has 3 aromatic heterocycles. The van der Waals surface area contributed by atoms with Crippen LogP contribution in [0.3, 0.4) is 0 Å². The molecule has 0 fully saturated rings. The first-order valence-corrected chi connectivity index (χ1v) is 7.45. The summed E-state index contributed by atoms with van der Waals surface area (Å²) in [6, 6.07) is 8.37. The second-order valence-electron chi connectivity index (χ2n) is 5.59. The highest BCUT2D eigenvalue weighted by molar-refractivity contribution is 5.85. The van der Waals surface area contributed by atoms with Crippen LogP contribution < -0.4 is 0 Å². The Kier molecular flexibility index (Phi) is 3.15. The van der Waals surface area contributed by atoms with Crippen LogP contribution in [-0.4, -0.2) is 29.5 Å². The smallest absolute Gasteiger partial charge is 0.131 e. The fraction of sp³-hybridized carbons (Fsp3) is 0.176. The van der Waals surface area contributed by atoms with Gasteiger partial charge in [-0.2, -0.15) is 0 Å². The SMILES string of the molecule is C[C@H](c1cccc2cnccc12)n1cc(-c2cncn2C)nn1. The molecule has 0 saturated carbocycles. The molecule has 0 aliphatic heterocycles. The van der Waals surface area contributed by atoms with Crippen molar-refractivity contribution in [1.29, 1.82) is 0 Å². The number of imidazole rings is 1.